The topological polar surface area (TPSA) is 96.7 Å². The van der Waals surface area contributed by atoms with Gasteiger partial charge in [-0.05, 0) is 25.7 Å². The van der Waals surface area contributed by atoms with Crippen LogP contribution in [0, 0.1) is 0 Å². The molecule has 1 fully saturated rings. The monoisotopic (exact) mass is 300 g/mol. The number of carbonyl (C=O) groups excluding carboxylic acids is 2. The molecule has 1 heterocycles. The highest BCUT2D eigenvalue weighted by Gasteiger charge is 2.23. The zero-order valence-electron chi connectivity index (χ0n) is 13.1. The molecule has 0 aliphatic carbocycles. The van der Waals surface area contributed by atoms with Crippen LogP contribution in [0.2, 0.25) is 0 Å². The molecule has 0 spiro atoms. The Hall–Kier alpha value is -1.18. The normalized spacial score (nSPS) is 18.2. The molecular weight excluding hydrogens is 272 g/mol. The zero-order valence-corrected chi connectivity index (χ0v) is 13.1. The van der Waals surface area contributed by atoms with Crippen molar-refractivity contribution >= 4 is 11.8 Å². The van der Waals surface area contributed by atoms with Crippen LogP contribution in [0.15, 0.2) is 0 Å². The molecule has 1 unspecified atom stereocenters. The van der Waals surface area contributed by atoms with Crippen LogP contribution in [0.25, 0.3) is 0 Å². The van der Waals surface area contributed by atoms with Crippen molar-refractivity contribution in [3.8, 4) is 0 Å². The van der Waals surface area contributed by atoms with E-state index >= 15 is 0 Å². The van der Waals surface area contributed by atoms with E-state index in [0.29, 0.717) is 19.6 Å². The summed E-state index contributed by atoms with van der Waals surface area (Å²) in [6.45, 7) is 2.68. The molecule has 2 amide bonds. The summed E-state index contributed by atoms with van der Waals surface area (Å²) in [5.41, 5.74) is 5.86. The van der Waals surface area contributed by atoms with Crippen molar-refractivity contribution in [1.82, 2.24) is 15.5 Å². The maximum atomic E-state index is 12.0. The average Bonchev–Trinajstić information content (AvgIpc) is 2.49. The van der Waals surface area contributed by atoms with Crippen LogP contribution in [-0.2, 0) is 14.3 Å². The third kappa shape index (κ3) is 6.88. The van der Waals surface area contributed by atoms with Crippen LogP contribution in [-0.4, -0.2) is 69.2 Å². The first-order chi connectivity index (χ1) is 10.1. The summed E-state index contributed by atoms with van der Waals surface area (Å²) in [6, 6.07) is -0.309. The van der Waals surface area contributed by atoms with Crippen LogP contribution in [0.5, 0.6) is 0 Å². The predicted octanol–water partition coefficient (Wildman–Crippen LogP) is -0.933. The Morgan fingerprint density at radius 1 is 1.38 bits per heavy atom. The highest BCUT2D eigenvalue weighted by molar-refractivity contribution is 5.81. The van der Waals surface area contributed by atoms with E-state index in [4.69, 9.17) is 10.5 Å². The van der Waals surface area contributed by atoms with E-state index in [0.717, 1.165) is 32.4 Å². The smallest absolute Gasteiger partial charge is 0.237 e. The lowest BCUT2D eigenvalue weighted by Crippen LogP contribution is -2.50. The fraction of sp³-hybridized carbons (Fsp3) is 0.857. The Bertz CT molecular complexity index is 330. The maximum Gasteiger partial charge on any atom is 0.237 e. The molecule has 122 valence electrons. The number of nitrogens with one attached hydrogen (secondary N) is 2. The lowest BCUT2D eigenvalue weighted by molar-refractivity contribution is -0.124. The Kier molecular flexibility index (Phi) is 8.26. The summed E-state index contributed by atoms with van der Waals surface area (Å²) in [7, 11) is 3.28. The molecule has 0 saturated carbocycles. The summed E-state index contributed by atoms with van der Waals surface area (Å²) in [5, 5.41) is 5.62. The van der Waals surface area contributed by atoms with Crippen LogP contribution >= 0.6 is 0 Å². The number of ether oxygens (including phenoxy) is 1. The molecule has 1 saturated heterocycles. The van der Waals surface area contributed by atoms with Crippen molar-refractivity contribution in [2.24, 2.45) is 5.73 Å². The van der Waals surface area contributed by atoms with E-state index in [1.807, 2.05) is 0 Å². The summed E-state index contributed by atoms with van der Waals surface area (Å²) in [5.74, 6) is -0.0616. The lowest BCUT2D eigenvalue weighted by Gasteiger charge is -2.32. The van der Waals surface area contributed by atoms with Gasteiger partial charge in [-0.1, -0.05) is 0 Å². The minimum absolute atomic E-state index is 0.0256. The molecule has 7 heteroatoms. The van der Waals surface area contributed by atoms with Gasteiger partial charge in [0.05, 0.1) is 12.6 Å². The van der Waals surface area contributed by atoms with Gasteiger partial charge in [0.1, 0.15) is 0 Å². The molecule has 0 aromatic rings. The zero-order chi connectivity index (χ0) is 15.7. The van der Waals surface area contributed by atoms with E-state index in [1.54, 1.807) is 14.2 Å². The first-order valence-electron chi connectivity index (χ1n) is 7.54. The summed E-state index contributed by atoms with van der Waals surface area (Å²) < 4.78 is 4.95. The van der Waals surface area contributed by atoms with Crippen molar-refractivity contribution in [2.75, 3.05) is 40.4 Å². The van der Waals surface area contributed by atoms with E-state index in [-0.39, 0.29) is 17.9 Å². The molecule has 0 aromatic carbocycles. The molecule has 1 rings (SSSR count). The number of nitrogens with two attached hydrogens (primary N) is 1. The minimum atomic E-state index is -0.468. The van der Waals surface area contributed by atoms with Gasteiger partial charge in [0, 0.05) is 39.9 Å². The van der Waals surface area contributed by atoms with Gasteiger partial charge in [0.25, 0.3) is 0 Å². The van der Waals surface area contributed by atoms with Gasteiger partial charge >= 0.3 is 0 Å². The van der Waals surface area contributed by atoms with E-state index < -0.39 is 6.04 Å². The largest absolute Gasteiger partial charge is 0.385 e. The Morgan fingerprint density at radius 3 is 2.62 bits per heavy atom. The van der Waals surface area contributed by atoms with Crippen LogP contribution in [0.4, 0.5) is 0 Å². The SMILES string of the molecule is CNC(=O)CN1CCC(NC(=O)C(N)CCCOC)CC1. The van der Waals surface area contributed by atoms with E-state index in [2.05, 4.69) is 15.5 Å². The fourth-order valence-corrected chi connectivity index (χ4v) is 2.40. The fourth-order valence-electron chi connectivity index (χ4n) is 2.40. The molecule has 0 radical (unpaired) electrons. The highest BCUT2D eigenvalue weighted by Crippen LogP contribution is 2.10. The number of rotatable bonds is 8. The number of likely N-dealkylation sites (N-methyl/N-ethyl adjacent to an activating group) is 1. The van der Waals surface area contributed by atoms with Crippen LogP contribution < -0.4 is 16.4 Å². The number of nitrogens with zero attached hydrogens (tertiary/aromatic N) is 1. The summed E-state index contributed by atoms with van der Waals surface area (Å²) >= 11 is 0. The van der Waals surface area contributed by atoms with Gasteiger partial charge in [-0.25, -0.2) is 0 Å². The van der Waals surface area contributed by atoms with Crippen molar-refractivity contribution in [3.05, 3.63) is 0 Å². The average molecular weight is 300 g/mol. The number of likely N-dealkylation sites (tertiary alicyclic amines) is 1. The number of methoxy groups -OCH3 is 1. The molecule has 7 nitrogen and oxygen atoms in total. The molecule has 1 atom stereocenters. The molecule has 1 aliphatic rings. The molecule has 1 aliphatic heterocycles. The first-order valence-corrected chi connectivity index (χ1v) is 7.54. The molecule has 0 aromatic heterocycles. The Morgan fingerprint density at radius 2 is 2.05 bits per heavy atom. The second kappa shape index (κ2) is 9.70. The van der Waals surface area contributed by atoms with Crippen molar-refractivity contribution in [3.63, 3.8) is 0 Å². The number of hydrogen-bond acceptors (Lipinski definition) is 5. The minimum Gasteiger partial charge on any atom is -0.385 e. The quantitative estimate of drug-likeness (QED) is 0.503. The van der Waals surface area contributed by atoms with E-state index in [1.165, 1.54) is 0 Å². The molecule has 0 bridgehead atoms. The molecule has 21 heavy (non-hydrogen) atoms. The molecular formula is C14H28N4O3. The number of carbonyl (C=O) groups is 2. The standard InChI is InChI=1S/C14H28N4O3/c1-16-13(19)10-18-7-5-11(6-8-18)17-14(20)12(15)4-3-9-21-2/h11-12H,3-10,15H2,1-2H3,(H,16,19)(H,17,20). The highest BCUT2D eigenvalue weighted by atomic mass is 16.5. The van der Waals surface area contributed by atoms with Gasteiger partial charge < -0.3 is 21.1 Å². The number of amides is 2. The van der Waals surface area contributed by atoms with Crippen molar-refractivity contribution in [1.29, 1.82) is 0 Å². The van der Waals surface area contributed by atoms with Gasteiger partial charge in [-0.15, -0.1) is 0 Å². The Labute approximate surface area is 126 Å². The first kappa shape index (κ1) is 17.9. The van der Waals surface area contributed by atoms with Crippen LogP contribution in [0.1, 0.15) is 25.7 Å². The lowest BCUT2D eigenvalue weighted by atomic mass is 10.0. The summed E-state index contributed by atoms with van der Waals surface area (Å²) in [6.07, 6.45) is 3.13. The van der Waals surface area contributed by atoms with E-state index in [9.17, 15) is 9.59 Å². The van der Waals surface area contributed by atoms with Gasteiger partial charge in [-0.3, -0.25) is 14.5 Å². The van der Waals surface area contributed by atoms with Gasteiger partial charge in [-0.2, -0.15) is 0 Å². The second-order valence-corrected chi connectivity index (χ2v) is 5.47. The van der Waals surface area contributed by atoms with Gasteiger partial charge in [0.2, 0.25) is 11.8 Å². The second-order valence-electron chi connectivity index (χ2n) is 5.47. The third-order valence-electron chi connectivity index (χ3n) is 3.78. The van der Waals surface area contributed by atoms with Crippen molar-refractivity contribution in [2.45, 2.75) is 37.8 Å². The third-order valence-corrected chi connectivity index (χ3v) is 3.78. The summed E-state index contributed by atoms with van der Waals surface area (Å²) in [4.78, 5) is 25.4. The van der Waals surface area contributed by atoms with Crippen molar-refractivity contribution < 1.29 is 14.3 Å². The number of hydrogen-bond donors (Lipinski definition) is 3. The molecule has 4 N–H and O–H groups in total. The van der Waals surface area contributed by atoms with Crippen LogP contribution in [0.3, 0.4) is 0 Å². The maximum absolute atomic E-state index is 12.0. The Balaban J connectivity index is 2.22. The van der Waals surface area contributed by atoms with Gasteiger partial charge in [0.15, 0.2) is 0 Å². The number of piperidine rings is 1. The predicted molar refractivity (Wildman–Crippen MR) is 80.8 cm³/mol.